The van der Waals surface area contributed by atoms with Crippen molar-refractivity contribution in [3.63, 3.8) is 0 Å². The van der Waals surface area contributed by atoms with Gasteiger partial charge in [-0.1, -0.05) is 0 Å². The highest BCUT2D eigenvalue weighted by molar-refractivity contribution is 5.92. The molecular weight excluding hydrogens is 282 g/mol. The van der Waals surface area contributed by atoms with E-state index in [1.54, 1.807) is 16.9 Å². The Hall–Kier alpha value is -1.40. The minimum Gasteiger partial charge on any atom is -0.390 e. The summed E-state index contributed by atoms with van der Waals surface area (Å²) in [6, 6.07) is 1.78. The van der Waals surface area contributed by atoms with Crippen LogP contribution in [0.2, 0.25) is 0 Å². The number of aliphatic hydroxyl groups is 1. The zero-order chi connectivity index (χ0) is 15.8. The molecule has 0 radical (unpaired) electrons. The molecule has 3 rings (SSSR count). The predicted molar refractivity (Wildman–Crippen MR) is 81.6 cm³/mol. The number of ether oxygens (including phenoxy) is 1. The molecule has 1 spiro atoms. The molecule has 1 unspecified atom stereocenters. The SMILES string of the molecule is CCn1nccc1C(=O)N1CCC2(CC1)CC(C)(O)CCO2. The molecule has 3 heterocycles. The van der Waals surface area contributed by atoms with Crippen molar-refractivity contribution in [2.24, 2.45) is 0 Å². The summed E-state index contributed by atoms with van der Waals surface area (Å²) in [4.78, 5) is 14.5. The number of carbonyl (C=O) groups is 1. The van der Waals surface area contributed by atoms with Crippen molar-refractivity contribution in [2.45, 2.75) is 57.3 Å². The maximum absolute atomic E-state index is 12.6. The van der Waals surface area contributed by atoms with Crippen LogP contribution in [0.3, 0.4) is 0 Å². The highest BCUT2D eigenvalue weighted by atomic mass is 16.5. The van der Waals surface area contributed by atoms with Crippen LogP contribution >= 0.6 is 0 Å². The summed E-state index contributed by atoms with van der Waals surface area (Å²) in [5, 5.41) is 14.5. The molecule has 0 aromatic carbocycles. The van der Waals surface area contributed by atoms with Crippen molar-refractivity contribution in [1.82, 2.24) is 14.7 Å². The third kappa shape index (κ3) is 2.90. The van der Waals surface area contributed by atoms with Gasteiger partial charge in [0.2, 0.25) is 0 Å². The van der Waals surface area contributed by atoms with E-state index >= 15 is 0 Å². The van der Waals surface area contributed by atoms with Gasteiger partial charge in [-0.25, -0.2) is 0 Å². The molecule has 122 valence electrons. The Morgan fingerprint density at radius 1 is 1.41 bits per heavy atom. The number of piperidine rings is 1. The molecule has 0 aliphatic carbocycles. The minimum absolute atomic E-state index is 0.0387. The fourth-order valence-electron chi connectivity index (χ4n) is 3.69. The second-order valence-electron chi connectivity index (χ2n) is 6.78. The molecular formula is C16H25N3O3. The van der Waals surface area contributed by atoms with E-state index in [1.165, 1.54) is 0 Å². The third-order valence-corrected chi connectivity index (χ3v) is 4.95. The van der Waals surface area contributed by atoms with Crippen LogP contribution in [0.4, 0.5) is 0 Å². The number of amides is 1. The highest BCUT2D eigenvalue weighted by Crippen LogP contribution is 2.39. The van der Waals surface area contributed by atoms with E-state index < -0.39 is 5.60 Å². The van der Waals surface area contributed by atoms with Crippen molar-refractivity contribution < 1.29 is 14.6 Å². The predicted octanol–water partition coefficient (Wildman–Crippen LogP) is 1.44. The van der Waals surface area contributed by atoms with E-state index in [9.17, 15) is 9.90 Å². The summed E-state index contributed by atoms with van der Waals surface area (Å²) in [5.74, 6) is 0.0387. The van der Waals surface area contributed by atoms with Gasteiger partial charge in [0.05, 0.1) is 17.8 Å². The summed E-state index contributed by atoms with van der Waals surface area (Å²) in [7, 11) is 0. The summed E-state index contributed by atoms with van der Waals surface area (Å²) in [5.41, 5.74) is -0.260. The monoisotopic (exact) mass is 307 g/mol. The van der Waals surface area contributed by atoms with E-state index in [2.05, 4.69) is 5.10 Å². The second-order valence-corrected chi connectivity index (χ2v) is 6.78. The Balaban J connectivity index is 1.65. The van der Waals surface area contributed by atoms with E-state index in [4.69, 9.17) is 4.74 Å². The molecule has 2 aliphatic heterocycles. The van der Waals surface area contributed by atoms with Gasteiger partial charge in [-0.3, -0.25) is 9.48 Å². The number of aryl methyl sites for hydroxylation is 1. The van der Waals surface area contributed by atoms with Crippen molar-refractivity contribution in [3.05, 3.63) is 18.0 Å². The molecule has 1 amide bonds. The quantitative estimate of drug-likeness (QED) is 0.898. The van der Waals surface area contributed by atoms with Crippen LogP contribution in [-0.4, -0.2) is 56.6 Å². The summed E-state index contributed by atoms with van der Waals surface area (Å²) < 4.78 is 7.72. The van der Waals surface area contributed by atoms with Crippen LogP contribution in [0.15, 0.2) is 12.3 Å². The maximum atomic E-state index is 12.6. The largest absolute Gasteiger partial charge is 0.390 e. The van der Waals surface area contributed by atoms with Crippen LogP contribution in [0.1, 0.15) is 50.0 Å². The van der Waals surface area contributed by atoms with Crippen LogP contribution < -0.4 is 0 Å². The van der Waals surface area contributed by atoms with E-state index in [1.807, 2.05) is 18.7 Å². The van der Waals surface area contributed by atoms with Crippen LogP contribution in [-0.2, 0) is 11.3 Å². The van der Waals surface area contributed by atoms with Gasteiger partial charge in [0.15, 0.2) is 0 Å². The van der Waals surface area contributed by atoms with Gasteiger partial charge in [-0.2, -0.15) is 5.10 Å². The summed E-state index contributed by atoms with van der Waals surface area (Å²) in [6.07, 6.45) is 4.59. The molecule has 1 N–H and O–H groups in total. The van der Waals surface area contributed by atoms with Gasteiger partial charge in [-0.05, 0) is 39.2 Å². The molecule has 1 atom stereocenters. The molecule has 6 heteroatoms. The molecule has 1 aromatic rings. The Bertz CT molecular complexity index is 545. The first-order chi connectivity index (χ1) is 10.4. The van der Waals surface area contributed by atoms with Crippen LogP contribution in [0, 0.1) is 0 Å². The molecule has 2 saturated heterocycles. The Morgan fingerprint density at radius 2 is 2.14 bits per heavy atom. The Kier molecular flexibility index (Phi) is 3.99. The fraction of sp³-hybridized carbons (Fsp3) is 0.750. The van der Waals surface area contributed by atoms with Crippen molar-refractivity contribution in [3.8, 4) is 0 Å². The number of hydrogen-bond donors (Lipinski definition) is 1. The van der Waals surface area contributed by atoms with Gasteiger partial charge >= 0.3 is 0 Å². The average molecular weight is 307 g/mol. The van der Waals surface area contributed by atoms with Gasteiger partial charge in [0.25, 0.3) is 5.91 Å². The first-order valence-electron chi connectivity index (χ1n) is 8.12. The van der Waals surface area contributed by atoms with Gasteiger partial charge < -0.3 is 14.7 Å². The van der Waals surface area contributed by atoms with Crippen molar-refractivity contribution in [2.75, 3.05) is 19.7 Å². The minimum atomic E-state index is -0.648. The fourth-order valence-corrected chi connectivity index (χ4v) is 3.69. The van der Waals surface area contributed by atoms with E-state index in [0.717, 1.165) is 12.8 Å². The lowest BCUT2D eigenvalue weighted by Crippen LogP contribution is -2.54. The normalized spacial score (nSPS) is 28.0. The topological polar surface area (TPSA) is 67.6 Å². The first kappa shape index (κ1) is 15.5. The van der Waals surface area contributed by atoms with E-state index in [-0.39, 0.29) is 11.5 Å². The number of carbonyl (C=O) groups excluding carboxylic acids is 1. The third-order valence-electron chi connectivity index (χ3n) is 4.95. The number of aromatic nitrogens is 2. The van der Waals surface area contributed by atoms with Gasteiger partial charge in [-0.15, -0.1) is 0 Å². The van der Waals surface area contributed by atoms with Crippen molar-refractivity contribution >= 4 is 5.91 Å². The zero-order valence-electron chi connectivity index (χ0n) is 13.4. The first-order valence-corrected chi connectivity index (χ1v) is 8.12. The lowest BCUT2D eigenvalue weighted by atomic mass is 9.78. The smallest absolute Gasteiger partial charge is 0.272 e. The number of rotatable bonds is 2. The number of hydrogen-bond acceptors (Lipinski definition) is 4. The summed E-state index contributed by atoms with van der Waals surface area (Å²) in [6.45, 7) is 6.50. The second kappa shape index (κ2) is 5.66. The van der Waals surface area contributed by atoms with Crippen molar-refractivity contribution in [1.29, 1.82) is 0 Å². The molecule has 0 saturated carbocycles. The Morgan fingerprint density at radius 3 is 2.77 bits per heavy atom. The number of nitrogens with zero attached hydrogens (tertiary/aromatic N) is 3. The summed E-state index contributed by atoms with van der Waals surface area (Å²) >= 11 is 0. The van der Waals surface area contributed by atoms with Crippen LogP contribution in [0.5, 0.6) is 0 Å². The molecule has 2 aliphatic rings. The molecule has 2 fully saturated rings. The molecule has 0 bridgehead atoms. The van der Waals surface area contributed by atoms with Gasteiger partial charge in [0.1, 0.15) is 5.69 Å². The molecule has 22 heavy (non-hydrogen) atoms. The van der Waals surface area contributed by atoms with Crippen LogP contribution in [0.25, 0.3) is 0 Å². The lowest BCUT2D eigenvalue weighted by Gasteiger charge is -2.48. The standard InChI is InChI=1S/C16H25N3O3/c1-3-19-13(4-8-17-19)14(20)18-9-5-16(6-10-18)12-15(2,21)7-11-22-16/h4,8,21H,3,5-7,9-12H2,1-2H3. The van der Waals surface area contributed by atoms with E-state index in [0.29, 0.717) is 44.8 Å². The maximum Gasteiger partial charge on any atom is 0.272 e. The zero-order valence-corrected chi connectivity index (χ0v) is 13.4. The van der Waals surface area contributed by atoms with Gasteiger partial charge in [0, 0.05) is 32.3 Å². The average Bonchev–Trinajstić information content (AvgIpc) is 2.94. The molecule has 6 nitrogen and oxygen atoms in total. The Labute approximate surface area is 131 Å². The highest BCUT2D eigenvalue weighted by Gasteiger charge is 2.45. The molecule has 1 aromatic heterocycles. The lowest BCUT2D eigenvalue weighted by molar-refractivity contribution is -0.170. The number of likely N-dealkylation sites (tertiary alicyclic amines) is 1.